The number of hydrogen-bond acceptors (Lipinski definition) is 3. The lowest BCUT2D eigenvalue weighted by Gasteiger charge is -2.14. The normalized spacial score (nSPS) is 17.0. The molecule has 0 spiro atoms. The number of carbonyl (C=O) groups excluding carboxylic acids is 2. The number of benzene rings is 1. The molecule has 2 amide bonds. The number of rotatable bonds is 4. The van der Waals surface area contributed by atoms with Crippen LogP contribution in [0.15, 0.2) is 18.2 Å². The van der Waals surface area contributed by atoms with Gasteiger partial charge >= 0.3 is 0 Å². The Morgan fingerprint density at radius 1 is 1.32 bits per heavy atom. The molecule has 0 aliphatic carbocycles. The average molecular weight is 326 g/mol. The number of halogens is 1. The van der Waals surface area contributed by atoms with Crippen LogP contribution < -0.4 is 16.0 Å². The quantitative estimate of drug-likeness (QED) is 0.795. The first kappa shape index (κ1) is 18.5. The molecule has 1 atom stereocenters. The van der Waals surface area contributed by atoms with Crippen molar-refractivity contribution in [3.05, 3.63) is 29.3 Å². The Morgan fingerprint density at radius 3 is 2.59 bits per heavy atom. The van der Waals surface area contributed by atoms with Crippen LogP contribution in [0.25, 0.3) is 0 Å². The zero-order valence-electron chi connectivity index (χ0n) is 13.2. The van der Waals surface area contributed by atoms with Gasteiger partial charge in [0.15, 0.2) is 0 Å². The third-order valence-corrected chi connectivity index (χ3v) is 3.54. The number of anilines is 1. The van der Waals surface area contributed by atoms with Gasteiger partial charge in [-0.2, -0.15) is 0 Å². The fourth-order valence-electron chi connectivity index (χ4n) is 2.47. The smallest absolute Gasteiger partial charge is 0.251 e. The van der Waals surface area contributed by atoms with E-state index < -0.39 is 0 Å². The lowest BCUT2D eigenvalue weighted by Crippen LogP contribution is -2.35. The van der Waals surface area contributed by atoms with E-state index in [1.54, 1.807) is 12.1 Å². The van der Waals surface area contributed by atoms with Gasteiger partial charge in [-0.3, -0.25) is 9.59 Å². The van der Waals surface area contributed by atoms with E-state index in [0.29, 0.717) is 5.56 Å². The highest BCUT2D eigenvalue weighted by Crippen LogP contribution is 2.16. The molecule has 0 radical (unpaired) electrons. The average Bonchev–Trinajstić information content (AvgIpc) is 2.91. The molecule has 2 rings (SSSR count). The van der Waals surface area contributed by atoms with Gasteiger partial charge in [-0.15, -0.1) is 12.4 Å². The van der Waals surface area contributed by atoms with Crippen LogP contribution >= 0.6 is 12.4 Å². The molecule has 0 aromatic heterocycles. The van der Waals surface area contributed by atoms with Crippen LogP contribution in [-0.2, 0) is 4.79 Å². The minimum Gasteiger partial charge on any atom is -0.350 e. The van der Waals surface area contributed by atoms with Gasteiger partial charge in [-0.1, -0.05) is 0 Å². The summed E-state index contributed by atoms with van der Waals surface area (Å²) < 4.78 is 0. The topological polar surface area (TPSA) is 70.2 Å². The highest BCUT2D eigenvalue weighted by atomic mass is 35.5. The lowest BCUT2D eigenvalue weighted by atomic mass is 10.1. The van der Waals surface area contributed by atoms with Gasteiger partial charge in [0.2, 0.25) is 5.91 Å². The molecule has 1 aromatic rings. The first-order chi connectivity index (χ1) is 9.97. The second-order valence-electron chi connectivity index (χ2n) is 5.80. The summed E-state index contributed by atoms with van der Waals surface area (Å²) in [6.07, 6.45) is 1.91. The molecule has 122 valence electrons. The molecule has 0 bridgehead atoms. The summed E-state index contributed by atoms with van der Waals surface area (Å²) in [4.78, 5) is 24.0. The molecule has 1 heterocycles. The van der Waals surface area contributed by atoms with Gasteiger partial charge in [-0.25, -0.2) is 0 Å². The van der Waals surface area contributed by atoms with Gasteiger partial charge < -0.3 is 16.0 Å². The minimum absolute atomic E-state index is 0. The summed E-state index contributed by atoms with van der Waals surface area (Å²) in [5, 5.41) is 8.93. The summed E-state index contributed by atoms with van der Waals surface area (Å²) in [6.45, 7) is 6.62. The molecule has 1 aliphatic heterocycles. The van der Waals surface area contributed by atoms with E-state index in [1.165, 1.54) is 0 Å². The molecule has 1 fully saturated rings. The third-order valence-electron chi connectivity index (χ3n) is 3.54. The Kier molecular flexibility index (Phi) is 6.84. The maximum absolute atomic E-state index is 12.0. The van der Waals surface area contributed by atoms with E-state index in [1.807, 2.05) is 26.8 Å². The number of carbonyl (C=O) groups is 2. The second kappa shape index (κ2) is 8.15. The number of nitrogens with one attached hydrogen (secondary N) is 3. The molecule has 1 saturated heterocycles. The zero-order chi connectivity index (χ0) is 15.4. The van der Waals surface area contributed by atoms with Crippen molar-refractivity contribution < 1.29 is 9.59 Å². The van der Waals surface area contributed by atoms with Crippen LogP contribution in [0, 0.1) is 6.92 Å². The van der Waals surface area contributed by atoms with E-state index in [-0.39, 0.29) is 36.3 Å². The van der Waals surface area contributed by atoms with Gasteiger partial charge in [0.05, 0.1) is 6.04 Å². The predicted octanol–water partition coefficient (Wildman–Crippen LogP) is 2.25. The Morgan fingerprint density at radius 2 is 2.05 bits per heavy atom. The van der Waals surface area contributed by atoms with Gasteiger partial charge in [-0.05, 0) is 63.9 Å². The van der Waals surface area contributed by atoms with Crippen LogP contribution in [0.3, 0.4) is 0 Å². The predicted molar refractivity (Wildman–Crippen MR) is 90.7 cm³/mol. The third kappa shape index (κ3) is 4.71. The summed E-state index contributed by atoms with van der Waals surface area (Å²) in [5.74, 6) is -0.0934. The van der Waals surface area contributed by atoms with E-state index in [9.17, 15) is 9.59 Å². The SMILES string of the molecule is Cc1cc(NC(=O)C2CCCN2)ccc1C(=O)NC(C)C.Cl. The van der Waals surface area contributed by atoms with Crippen molar-refractivity contribution >= 4 is 29.9 Å². The Hall–Kier alpha value is -1.59. The van der Waals surface area contributed by atoms with Gasteiger partial charge in [0.1, 0.15) is 0 Å². The lowest BCUT2D eigenvalue weighted by molar-refractivity contribution is -0.117. The molecule has 1 aromatic carbocycles. The summed E-state index contributed by atoms with van der Waals surface area (Å²) >= 11 is 0. The van der Waals surface area contributed by atoms with Crippen molar-refractivity contribution in [2.75, 3.05) is 11.9 Å². The first-order valence-electron chi connectivity index (χ1n) is 7.43. The number of hydrogen-bond donors (Lipinski definition) is 3. The maximum atomic E-state index is 12.0. The number of aryl methyl sites for hydroxylation is 1. The molecular formula is C16H24ClN3O2. The molecular weight excluding hydrogens is 302 g/mol. The van der Waals surface area contributed by atoms with Crippen molar-refractivity contribution in [3.8, 4) is 0 Å². The number of amides is 2. The standard InChI is InChI=1S/C16H23N3O2.ClH/c1-10(2)18-15(20)13-7-6-12(9-11(13)3)19-16(21)14-5-4-8-17-14;/h6-7,9-10,14,17H,4-5,8H2,1-3H3,(H,18,20)(H,19,21);1H. The minimum atomic E-state index is -0.103. The monoisotopic (exact) mass is 325 g/mol. The summed E-state index contributed by atoms with van der Waals surface area (Å²) in [5.41, 5.74) is 2.22. The molecule has 6 heteroatoms. The molecule has 0 saturated carbocycles. The fraction of sp³-hybridized carbons (Fsp3) is 0.500. The highest BCUT2D eigenvalue weighted by molar-refractivity contribution is 5.98. The highest BCUT2D eigenvalue weighted by Gasteiger charge is 2.22. The Balaban J connectivity index is 0.00000242. The van der Waals surface area contributed by atoms with Gasteiger partial charge in [0, 0.05) is 17.3 Å². The van der Waals surface area contributed by atoms with Crippen LogP contribution in [0.1, 0.15) is 42.6 Å². The molecule has 1 aliphatic rings. The Bertz CT molecular complexity index is 540. The van der Waals surface area contributed by atoms with Crippen molar-refractivity contribution in [3.63, 3.8) is 0 Å². The largest absolute Gasteiger partial charge is 0.350 e. The van der Waals surface area contributed by atoms with E-state index in [0.717, 1.165) is 30.6 Å². The molecule has 22 heavy (non-hydrogen) atoms. The van der Waals surface area contributed by atoms with Crippen LogP contribution in [0.2, 0.25) is 0 Å². The zero-order valence-corrected chi connectivity index (χ0v) is 14.0. The summed E-state index contributed by atoms with van der Waals surface area (Å²) in [6, 6.07) is 5.36. The molecule has 3 N–H and O–H groups in total. The van der Waals surface area contributed by atoms with Gasteiger partial charge in [0.25, 0.3) is 5.91 Å². The Labute approximate surface area is 137 Å². The van der Waals surface area contributed by atoms with Crippen molar-refractivity contribution in [1.29, 1.82) is 0 Å². The fourth-order valence-corrected chi connectivity index (χ4v) is 2.47. The van der Waals surface area contributed by atoms with Crippen LogP contribution in [0.4, 0.5) is 5.69 Å². The van der Waals surface area contributed by atoms with E-state index >= 15 is 0 Å². The summed E-state index contributed by atoms with van der Waals surface area (Å²) in [7, 11) is 0. The van der Waals surface area contributed by atoms with E-state index in [4.69, 9.17) is 0 Å². The van der Waals surface area contributed by atoms with E-state index in [2.05, 4.69) is 16.0 Å². The van der Waals surface area contributed by atoms with Crippen molar-refractivity contribution in [1.82, 2.24) is 10.6 Å². The van der Waals surface area contributed by atoms with Crippen molar-refractivity contribution in [2.24, 2.45) is 0 Å². The molecule has 1 unspecified atom stereocenters. The first-order valence-corrected chi connectivity index (χ1v) is 7.43. The van der Waals surface area contributed by atoms with Crippen LogP contribution in [0.5, 0.6) is 0 Å². The maximum Gasteiger partial charge on any atom is 0.251 e. The van der Waals surface area contributed by atoms with Crippen LogP contribution in [-0.4, -0.2) is 30.4 Å². The molecule has 5 nitrogen and oxygen atoms in total. The van der Waals surface area contributed by atoms with Crippen molar-refractivity contribution in [2.45, 2.75) is 45.7 Å². The second-order valence-corrected chi connectivity index (χ2v) is 5.80.